The Labute approximate surface area is 82.1 Å². The van der Waals surface area contributed by atoms with Gasteiger partial charge in [-0.25, -0.2) is 4.79 Å². The summed E-state index contributed by atoms with van der Waals surface area (Å²) < 4.78 is 5.02. The van der Waals surface area contributed by atoms with Crippen molar-refractivity contribution in [2.24, 2.45) is 0 Å². The third-order valence-electron chi connectivity index (χ3n) is 2.13. The van der Waals surface area contributed by atoms with Gasteiger partial charge in [-0.05, 0) is 17.7 Å². The van der Waals surface area contributed by atoms with Gasteiger partial charge in [0.15, 0.2) is 0 Å². The van der Waals surface area contributed by atoms with Crippen LogP contribution in [0.25, 0.3) is 0 Å². The molecule has 1 amide bonds. The highest BCUT2D eigenvalue weighted by molar-refractivity contribution is 5.69. The standard InChI is InChI=1S/C11H9NO2/c1-2-8-3-5-9(6-4-8)10-7-12-11(13)14-10/h1,3-6,10H,7H2,(H,12,13). The van der Waals surface area contributed by atoms with Crippen LogP contribution in [0.15, 0.2) is 24.3 Å². The molecular weight excluding hydrogens is 178 g/mol. The molecule has 0 aromatic heterocycles. The lowest BCUT2D eigenvalue weighted by molar-refractivity contribution is 0.141. The number of carbonyl (C=O) groups excluding carboxylic acids is 1. The number of terminal acetylenes is 1. The molecule has 3 heteroatoms. The number of hydrogen-bond donors (Lipinski definition) is 1. The summed E-state index contributed by atoms with van der Waals surface area (Å²) in [7, 11) is 0. The number of alkyl carbamates (subject to hydrolysis) is 1. The fourth-order valence-electron chi connectivity index (χ4n) is 1.37. The van der Waals surface area contributed by atoms with Crippen molar-refractivity contribution >= 4 is 6.09 Å². The van der Waals surface area contributed by atoms with Crippen molar-refractivity contribution in [3.8, 4) is 12.3 Å². The van der Waals surface area contributed by atoms with E-state index in [4.69, 9.17) is 11.2 Å². The highest BCUT2D eigenvalue weighted by atomic mass is 16.6. The number of nitrogens with one attached hydrogen (secondary N) is 1. The number of carbonyl (C=O) groups is 1. The lowest BCUT2D eigenvalue weighted by Gasteiger charge is -2.07. The first-order valence-electron chi connectivity index (χ1n) is 4.30. The van der Waals surface area contributed by atoms with E-state index in [0.29, 0.717) is 6.54 Å². The molecule has 1 fully saturated rings. The lowest BCUT2D eigenvalue weighted by atomic mass is 10.1. The molecule has 0 radical (unpaired) electrons. The largest absolute Gasteiger partial charge is 0.439 e. The van der Waals surface area contributed by atoms with Gasteiger partial charge in [0.25, 0.3) is 0 Å². The van der Waals surface area contributed by atoms with Crippen LogP contribution in [0.2, 0.25) is 0 Å². The van der Waals surface area contributed by atoms with E-state index in [0.717, 1.165) is 11.1 Å². The molecule has 1 aromatic rings. The van der Waals surface area contributed by atoms with Gasteiger partial charge in [0.1, 0.15) is 6.10 Å². The van der Waals surface area contributed by atoms with Gasteiger partial charge in [0.05, 0.1) is 6.54 Å². The second-order valence-corrected chi connectivity index (χ2v) is 3.04. The number of amides is 1. The summed E-state index contributed by atoms with van der Waals surface area (Å²) in [5, 5.41) is 2.60. The Bertz CT molecular complexity index is 389. The molecule has 0 spiro atoms. The third-order valence-corrected chi connectivity index (χ3v) is 2.13. The highest BCUT2D eigenvalue weighted by Gasteiger charge is 2.23. The minimum Gasteiger partial charge on any atom is -0.439 e. The Balaban J connectivity index is 2.18. The average Bonchev–Trinajstić information content (AvgIpc) is 2.65. The van der Waals surface area contributed by atoms with Gasteiger partial charge in [-0.15, -0.1) is 6.42 Å². The topological polar surface area (TPSA) is 38.3 Å². The van der Waals surface area contributed by atoms with Crippen LogP contribution in [0.5, 0.6) is 0 Å². The van der Waals surface area contributed by atoms with Crippen molar-refractivity contribution in [3.05, 3.63) is 35.4 Å². The fraction of sp³-hybridized carbons (Fsp3) is 0.182. The summed E-state index contributed by atoms with van der Waals surface area (Å²) in [4.78, 5) is 10.8. The third kappa shape index (κ3) is 1.55. The van der Waals surface area contributed by atoms with E-state index < -0.39 is 0 Å². The van der Waals surface area contributed by atoms with Gasteiger partial charge in [-0.2, -0.15) is 0 Å². The maximum atomic E-state index is 10.8. The van der Waals surface area contributed by atoms with Gasteiger partial charge < -0.3 is 10.1 Å². The first-order valence-corrected chi connectivity index (χ1v) is 4.30. The zero-order chi connectivity index (χ0) is 9.97. The summed E-state index contributed by atoms with van der Waals surface area (Å²) in [6.07, 6.45) is 4.68. The molecule has 1 N–H and O–H groups in total. The summed E-state index contributed by atoms with van der Waals surface area (Å²) in [5.74, 6) is 2.53. The Morgan fingerprint density at radius 2 is 2.14 bits per heavy atom. The molecule has 3 nitrogen and oxygen atoms in total. The Kier molecular flexibility index (Phi) is 2.11. The summed E-state index contributed by atoms with van der Waals surface area (Å²) >= 11 is 0. The molecule has 1 aliphatic heterocycles. The molecule has 0 aliphatic carbocycles. The number of rotatable bonds is 1. The normalized spacial score (nSPS) is 19.6. The fourth-order valence-corrected chi connectivity index (χ4v) is 1.37. The Morgan fingerprint density at radius 1 is 1.43 bits per heavy atom. The van der Waals surface area contributed by atoms with E-state index in [2.05, 4.69) is 11.2 Å². The van der Waals surface area contributed by atoms with Crippen molar-refractivity contribution in [2.45, 2.75) is 6.10 Å². The molecular formula is C11H9NO2. The summed E-state index contributed by atoms with van der Waals surface area (Å²) in [5.41, 5.74) is 1.79. The maximum absolute atomic E-state index is 10.8. The molecule has 70 valence electrons. The van der Waals surface area contributed by atoms with Crippen LogP contribution in [0.3, 0.4) is 0 Å². The number of benzene rings is 1. The minimum atomic E-state index is -0.365. The average molecular weight is 187 g/mol. The van der Waals surface area contributed by atoms with Crippen molar-refractivity contribution in [2.75, 3.05) is 6.54 Å². The molecule has 0 saturated carbocycles. The van der Waals surface area contributed by atoms with Crippen LogP contribution in [0.4, 0.5) is 4.79 Å². The molecule has 1 unspecified atom stereocenters. The first-order chi connectivity index (χ1) is 6.79. The quantitative estimate of drug-likeness (QED) is 0.676. The molecule has 1 aromatic carbocycles. The number of hydrogen-bond acceptors (Lipinski definition) is 2. The second-order valence-electron chi connectivity index (χ2n) is 3.04. The molecule has 1 atom stereocenters. The number of cyclic esters (lactones) is 1. The van der Waals surface area contributed by atoms with Crippen LogP contribution in [0, 0.1) is 12.3 Å². The minimum absolute atomic E-state index is 0.186. The van der Waals surface area contributed by atoms with E-state index in [1.165, 1.54) is 0 Å². The lowest BCUT2D eigenvalue weighted by Crippen LogP contribution is -2.12. The zero-order valence-corrected chi connectivity index (χ0v) is 7.49. The van der Waals surface area contributed by atoms with Gasteiger partial charge in [-0.1, -0.05) is 18.1 Å². The molecule has 2 rings (SSSR count). The second kappa shape index (κ2) is 3.43. The van der Waals surface area contributed by atoms with E-state index in [1.54, 1.807) is 0 Å². The van der Waals surface area contributed by atoms with Crippen LogP contribution in [-0.4, -0.2) is 12.6 Å². The van der Waals surface area contributed by atoms with Crippen LogP contribution in [0.1, 0.15) is 17.2 Å². The molecule has 1 aliphatic rings. The molecule has 1 heterocycles. The van der Waals surface area contributed by atoms with Gasteiger partial charge in [0, 0.05) is 5.56 Å². The monoisotopic (exact) mass is 187 g/mol. The first kappa shape index (κ1) is 8.64. The van der Waals surface area contributed by atoms with Crippen LogP contribution >= 0.6 is 0 Å². The van der Waals surface area contributed by atoms with E-state index in [-0.39, 0.29) is 12.2 Å². The molecule has 0 bridgehead atoms. The van der Waals surface area contributed by atoms with Crippen molar-refractivity contribution < 1.29 is 9.53 Å². The van der Waals surface area contributed by atoms with Crippen molar-refractivity contribution in [1.29, 1.82) is 0 Å². The van der Waals surface area contributed by atoms with E-state index in [1.807, 2.05) is 24.3 Å². The predicted molar refractivity (Wildman–Crippen MR) is 51.6 cm³/mol. The zero-order valence-electron chi connectivity index (χ0n) is 7.49. The van der Waals surface area contributed by atoms with Crippen molar-refractivity contribution in [3.63, 3.8) is 0 Å². The molecule has 14 heavy (non-hydrogen) atoms. The van der Waals surface area contributed by atoms with Crippen molar-refractivity contribution in [1.82, 2.24) is 5.32 Å². The Hall–Kier alpha value is -1.95. The van der Waals surface area contributed by atoms with E-state index in [9.17, 15) is 4.79 Å². The smallest absolute Gasteiger partial charge is 0.407 e. The van der Waals surface area contributed by atoms with Crippen LogP contribution in [-0.2, 0) is 4.74 Å². The highest BCUT2D eigenvalue weighted by Crippen LogP contribution is 2.20. The Morgan fingerprint density at radius 3 is 2.64 bits per heavy atom. The summed E-state index contributed by atoms with van der Waals surface area (Å²) in [6.45, 7) is 0.522. The van der Waals surface area contributed by atoms with Gasteiger partial charge >= 0.3 is 6.09 Å². The predicted octanol–water partition coefficient (Wildman–Crippen LogP) is 1.45. The SMILES string of the molecule is C#Cc1ccc(C2CNC(=O)O2)cc1. The molecule has 1 saturated heterocycles. The van der Waals surface area contributed by atoms with Gasteiger partial charge in [-0.3, -0.25) is 0 Å². The maximum Gasteiger partial charge on any atom is 0.407 e. The van der Waals surface area contributed by atoms with Crippen LogP contribution < -0.4 is 5.32 Å². The van der Waals surface area contributed by atoms with E-state index >= 15 is 0 Å². The number of ether oxygens (including phenoxy) is 1. The summed E-state index contributed by atoms with van der Waals surface area (Å²) in [6, 6.07) is 7.42. The van der Waals surface area contributed by atoms with Gasteiger partial charge in [0.2, 0.25) is 0 Å².